The highest BCUT2D eigenvalue weighted by molar-refractivity contribution is 6.09. The summed E-state index contributed by atoms with van der Waals surface area (Å²) < 4.78 is 6.14. The number of carbonyl (C=O) groups is 2. The first-order chi connectivity index (χ1) is 14.6. The Hall–Kier alpha value is -3.15. The van der Waals surface area contributed by atoms with E-state index in [2.05, 4.69) is 5.16 Å². The fourth-order valence-corrected chi connectivity index (χ4v) is 6.04. The Balaban J connectivity index is 1.30. The molecule has 6 rings (SSSR count). The molecule has 0 N–H and O–H groups in total. The standard InChI is InChI=1S/C24H22N2O4/c1-26-23(27)18-15-11-16(19(18)24(26)28)22-20(15)21(25-30-22)14-9-5-6-10-17(14)29-12-13-7-3-2-4-8-13/h2-10,15-16,18-20,22H,11-12H2,1H3/t15-,16+,18-,19+,20-,22-/m1/s1. The second kappa shape index (κ2) is 6.42. The first-order valence-corrected chi connectivity index (χ1v) is 10.5. The Bertz CT molecular complexity index is 1070. The Labute approximate surface area is 174 Å². The SMILES string of the molecule is CN1C(=O)[C@@H]2[C@H]3C[C@H]([C@H]4ON=C(c5ccccc5OCc5ccccc5)[C@@H]34)[C@@H]2C1=O. The first-order valence-electron chi connectivity index (χ1n) is 10.5. The van der Waals surface area contributed by atoms with Gasteiger partial charge in [0.2, 0.25) is 11.8 Å². The lowest BCUT2D eigenvalue weighted by Gasteiger charge is -2.30. The third-order valence-corrected chi connectivity index (χ3v) is 7.31. The summed E-state index contributed by atoms with van der Waals surface area (Å²) in [5.41, 5.74) is 2.86. The average molecular weight is 402 g/mol. The van der Waals surface area contributed by atoms with E-state index in [4.69, 9.17) is 9.57 Å². The Morgan fingerprint density at radius 3 is 2.47 bits per heavy atom. The molecular weight excluding hydrogens is 380 g/mol. The van der Waals surface area contributed by atoms with Gasteiger partial charge in [-0.25, -0.2) is 0 Å². The molecule has 1 saturated heterocycles. The quantitative estimate of drug-likeness (QED) is 0.738. The molecule has 3 fully saturated rings. The maximum absolute atomic E-state index is 12.7. The second-order valence-electron chi connectivity index (χ2n) is 8.69. The smallest absolute Gasteiger partial charge is 0.233 e. The molecular formula is C24H22N2O4. The molecule has 6 heteroatoms. The lowest BCUT2D eigenvalue weighted by atomic mass is 9.71. The van der Waals surface area contributed by atoms with Gasteiger partial charge >= 0.3 is 0 Å². The van der Waals surface area contributed by atoms with E-state index in [1.807, 2.05) is 54.6 Å². The van der Waals surface area contributed by atoms with Crippen LogP contribution in [0, 0.1) is 29.6 Å². The summed E-state index contributed by atoms with van der Waals surface area (Å²) in [6.45, 7) is 0.467. The van der Waals surface area contributed by atoms with Crippen molar-refractivity contribution in [3.63, 3.8) is 0 Å². The van der Waals surface area contributed by atoms with Crippen molar-refractivity contribution >= 4 is 17.5 Å². The van der Waals surface area contributed by atoms with Crippen molar-refractivity contribution in [3.8, 4) is 5.75 Å². The summed E-state index contributed by atoms with van der Waals surface area (Å²) in [5, 5.41) is 4.44. The molecule has 152 valence electrons. The zero-order chi connectivity index (χ0) is 20.4. The number of para-hydroxylation sites is 1. The molecule has 4 aliphatic rings. The molecule has 2 aromatic carbocycles. The first kappa shape index (κ1) is 17.7. The molecule has 2 bridgehead atoms. The number of fused-ring (bicyclic) bond motifs is 8. The van der Waals surface area contributed by atoms with E-state index in [1.165, 1.54) is 4.90 Å². The van der Waals surface area contributed by atoms with Crippen LogP contribution < -0.4 is 4.74 Å². The molecule has 2 heterocycles. The van der Waals surface area contributed by atoms with E-state index < -0.39 is 0 Å². The van der Waals surface area contributed by atoms with Crippen LogP contribution in [0.4, 0.5) is 0 Å². The van der Waals surface area contributed by atoms with Crippen molar-refractivity contribution in [1.82, 2.24) is 4.90 Å². The van der Waals surface area contributed by atoms with Crippen molar-refractivity contribution < 1.29 is 19.2 Å². The lowest BCUT2D eigenvalue weighted by molar-refractivity contribution is -0.139. The topological polar surface area (TPSA) is 68.2 Å². The van der Waals surface area contributed by atoms with Gasteiger partial charge in [-0.05, 0) is 30.0 Å². The number of ether oxygens (including phenoxy) is 1. The molecule has 2 aliphatic carbocycles. The van der Waals surface area contributed by atoms with Gasteiger partial charge in [-0.2, -0.15) is 0 Å². The third-order valence-electron chi connectivity index (χ3n) is 7.31. The van der Waals surface area contributed by atoms with Gasteiger partial charge in [-0.1, -0.05) is 47.6 Å². The normalized spacial score (nSPS) is 33.4. The van der Waals surface area contributed by atoms with E-state index in [1.54, 1.807) is 7.05 Å². The fourth-order valence-electron chi connectivity index (χ4n) is 6.04. The Morgan fingerprint density at radius 1 is 0.967 bits per heavy atom. The zero-order valence-corrected chi connectivity index (χ0v) is 16.6. The molecule has 6 atom stereocenters. The van der Waals surface area contributed by atoms with Crippen molar-refractivity contribution in [2.24, 2.45) is 34.7 Å². The second-order valence-corrected chi connectivity index (χ2v) is 8.69. The van der Waals surface area contributed by atoms with Crippen LogP contribution in [0.5, 0.6) is 5.75 Å². The van der Waals surface area contributed by atoms with Crippen LogP contribution in [0.25, 0.3) is 0 Å². The molecule has 30 heavy (non-hydrogen) atoms. The van der Waals surface area contributed by atoms with E-state index >= 15 is 0 Å². The predicted octanol–water partition coefficient (Wildman–Crippen LogP) is 2.87. The number of carbonyl (C=O) groups excluding carboxylic acids is 2. The third kappa shape index (κ3) is 2.33. The summed E-state index contributed by atoms with van der Waals surface area (Å²) in [6.07, 6.45) is 0.721. The Morgan fingerprint density at radius 2 is 1.67 bits per heavy atom. The molecule has 0 unspecified atom stereocenters. The molecule has 2 saturated carbocycles. The number of hydrogen-bond acceptors (Lipinski definition) is 5. The van der Waals surface area contributed by atoms with E-state index in [-0.39, 0.29) is 47.5 Å². The highest BCUT2D eigenvalue weighted by atomic mass is 16.6. The van der Waals surface area contributed by atoms with Crippen LogP contribution in [-0.4, -0.2) is 35.6 Å². The number of oxime groups is 1. The molecule has 6 nitrogen and oxygen atoms in total. The summed E-state index contributed by atoms with van der Waals surface area (Å²) in [7, 11) is 1.60. The summed E-state index contributed by atoms with van der Waals surface area (Å²) in [6, 6.07) is 17.9. The van der Waals surface area contributed by atoms with Crippen molar-refractivity contribution in [2.45, 2.75) is 19.1 Å². The van der Waals surface area contributed by atoms with Crippen LogP contribution in [0.3, 0.4) is 0 Å². The number of benzene rings is 2. The maximum atomic E-state index is 12.7. The Kier molecular flexibility index (Phi) is 3.79. The van der Waals surface area contributed by atoms with Crippen LogP contribution >= 0.6 is 0 Å². The maximum Gasteiger partial charge on any atom is 0.233 e. The van der Waals surface area contributed by atoms with Crippen LogP contribution in [0.15, 0.2) is 59.8 Å². The van der Waals surface area contributed by atoms with Crippen molar-refractivity contribution in [1.29, 1.82) is 0 Å². The molecule has 2 aliphatic heterocycles. The summed E-state index contributed by atoms with van der Waals surface area (Å²) >= 11 is 0. The van der Waals surface area contributed by atoms with Crippen molar-refractivity contribution in [3.05, 3.63) is 65.7 Å². The number of imide groups is 1. The van der Waals surface area contributed by atoms with Gasteiger partial charge in [-0.3, -0.25) is 14.5 Å². The van der Waals surface area contributed by atoms with Crippen LogP contribution in [-0.2, 0) is 21.0 Å². The minimum atomic E-state index is -0.243. The van der Waals surface area contributed by atoms with Crippen molar-refractivity contribution in [2.75, 3.05) is 7.05 Å². The summed E-state index contributed by atoms with van der Waals surface area (Å²) in [5.74, 6) is 0.358. The van der Waals surface area contributed by atoms with Gasteiger partial charge in [0.25, 0.3) is 0 Å². The molecule has 2 aromatic rings. The molecule has 0 radical (unpaired) electrons. The van der Waals surface area contributed by atoms with Gasteiger partial charge < -0.3 is 9.57 Å². The number of likely N-dealkylation sites (tertiary alicyclic amines) is 1. The highest BCUT2D eigenvalue weighted by Crippen LogP contribution is 2.61. The van der Waals surface area contributed by atoms with E-state index in [0.717, 1.165) is 29.0 Å². The lowest BCUT2D eigenvalue weighted by Crippen LogP contribution is -2.41. The van der Waals surface area contributed by atoms with Gasteiger partial charge in [0.15, 0.2) is 0 Å². The molecule has 0 spiro atoms. The fraction of sp³-hybridized carbons (Fsp3) is 0.375. The average Bonchev–Trinajstić information content (AvgIpc) is 3.51. The monoisotopic (exact) mass is 402 g/mol. The number of rotatable bonds is 4. The summed E-state index contributed by atoms with van der Waals surface area (Å²) in [4.78, 5) is 32.5. The largest absolute Gasteiger partial charge is 0.488 e. The predicted molar refractivity (Wildman–Crippen MR) is 108 cm³/mol. The van der Waals surface area contributed by atoms with E-state index in [9.17, 15) is 9.59 Å². The van der Waals surface area contributed by atoms with Gasteiger partial charge in [0, 0.05) is 24.4 Å². The van der Waals surface area contributed by atoms with Gasteiger partial charge in [0.05, 0.1) is 17.5 Å². The molecule has 0 aromatic heterocycles. The molecule has 2 amide bonds. The van der Waals surface area contributed by atoms with Crippen LogP contribution in [0.2, 0.25) is 0 Å². The van der Waals surface area contributed by atoms with Crippen LogP contribution in [0.1, 0.15) is 17.5 Å². The number of nitrogens with zero attached hydrogens (tertiary/aromatic N) is 2. The number of hydrogen-bond donors (Lipinski definition) is 0. The number of amides is 2. The van der Waals surface area contributed by atoms with E-state index in [0.29, 0.717) is 6.61 Å². The van der Waals surface area contributed by atoms with Gasteiger partial charge in [0.1, 0.15) is 18.5 Å². The van der Waals surface area contributed by atoms with Gasteiger partial charge in [-0.15, -0.1) is 0 Å². The minimum Gasteiger partial charge on any atom is -0.488 e. The zero-order valence-electron chi connectivity index (χ0n) is 16.6. The minimum absolute atomic E-state index is 0.0287. The highest BCUT2D eigenvalue weighted by Gasteiger charge is 2.70.